The second-order valence-electron chi connectivity index (χ2n) is 8.98. The summed E-state index contributed by atoms with van der Waals surface area (Å²) in [5, 5.41) is 4.84. The average molecular weight is 466 g/mol. The first-order chi connectivity index (χ1) is 15.8. The molecule has 0 spiro atoms. The van der Waals surface area contributed by atoms with Crippen LogP contribution in [-0.4, -0.2) is 41.8 Å². The normalized spacial score (nSPS) is 16.2. The molecule has 4 rings (SSSR count). The van der Waals surface area contributed by atoms with Crippen molar-refractivity contribution in [3.8, 4) is 11.3 Å². The molecule has 0 radical (unpaired) electrons. The van der Waals surface area contributed by atoms with E-state index >= 15 is 0 Å². The Morgan fingerprint density at radius 3 is 2.36 bits per heavy atom. The van der Waals surface area contributed by atoms with Crippen molar-refractivity contribution >= 4 is 15.7 Å². The summed E-state index contributed by atoms with van der Waals surface area (Å²) in [6, 6.07) is 17.0. The van der Waals surface area contributed by atoms with E-state index in [1.165, 1.54) is 11.8 Å². The van der Waals surface area contributed by atoms with Crippen LogP contribution in [0, 0.1) is 6.92 Å². The van der Waals surface area contributed by atoms with Crippen molar-refractivity contribution < 1.29 is 13.2 Å². The second kappa shape index (κ2) is 9.51. The van der Waals surface area contributed by atoms with Crippen LogP contribution in [-0.2, 0) is 16.4 Å². The average Bonchev–Trinajstić information content (AvgIpc) is 3.23. The predicted molar refractivity (Wildman–Crippen MR) is 130 cm³/mol. The number of hydrogen-bond donors (Lipinski definition) is 0. The Kier molecular flexibility index (Phi) is 6.70. The number of unbranched alkanes of at least 4 members (excludes halogenated alkanes) is 2. The van der Waals surface area contributed by atoms with Gasteiger partial charge in [-0.25, -0.2) is 8.42 Å². The van der Waals surface area contributed by atoms with Gasteiger partial charge in [-0.3, -0.25) is 9.48 Å². The molecule has 1 amide bonds. The van der Waals surface area contributed by atoms with Crippen LogP contribution in [0.15, 0.2) is 59.5 Å². The van der Waals surface area contributed by atoms with E-state index in [1.807, 2.05) is 27.8 Å². The van der Waals surface area contributed by atoms with Gasteiger partial charge >= 0.3 is 0 Å². The first-order valence-corrected chi connectivity index (χ1v) is 13.4. The number of aryl methyl sites for hydroxylation is 1. The summed E-state index contributed by atoms with van der Waals surface area (Å²) < 4.78 is 25.4. The molecular formula is C26H31N3O3S. The quantitative estimate of drug-likeness (QED) is 0.437. The number of carbonyl (C=O) groups is 1. The molecule has 0 N–H and O–H groups in total. The van der Waals surface area contributed by atoms with E-state index in [-0.39, 0.29) is 16.8 Å². The van der Waals surface area contributed by atoms with E-state index in [4.69, 9.17) is 5.10 Å². The number of carbonyl (C=O) groups excluding carboxylic acids is 1. The molecule has 1 aliphatic rings. The highest BCUT2D eigenvalue weighted by molar-refractivity contribution is 7.90. The van der Waals surface area contributed by atoms with Gasteiger partial charge in [0.15, 0.2) is 9.84 Å². The molecule has 3 aromatic rings. The van der Waals surface area contributed by atoms with E-state index in [0.29, 0.717) is 18.8 Å². The summed E-state index contributed by atoms with van der Waals surface area (Å²) in [7, 11) is -3.24. The number of hydrogen-bond acceptors (Lipinski definition) is 4. The van der Waals surface area contributed by atoms with Gasteiger partial charge in [-0.05, 0) is 37.1 Å². The zero-order valence-electron chi connectivity index (χ0n) is 19.5. The summed E-state index contributed by atoms with van der Waals surface area (Å²) in [6.07, 6.45) is 5.55. The zero-order valence-corrected chi connectivity index (χ0v) is 20.3. The molecule has 1 atom stereocenters. The first kappa shape index (κ1) is 23.2. The molecule has 0 saturated carbocycles. The molecule has 174 valence electrons. The van der Waals surface area contributed by atoms with Crippen molar-refractivity contribution in [3.05, 3.63) is 71.4 Å². The van der Waals surface area contributed by atoms with Gasteiger partial charge in [0, 0.05) is 24.9 Å². The zero-order chi connectivity index (χ0) is 23.6. The molecule has 1 aromatic heterocycles. The van der Waals surface area contributed by atoms with E-state index in [1.54, 1.807) is 24.3 Å². The van der Waals surface area contributed by atoms with Crippen LogP contribution in [0.25, 0.3) is 11.3 Å². The lowest BCUT2D eigenvalue weighted by Gasteiger charge is -2.33. The third kappa shape index (κ3) is 5.19. The summed E-state index contributed by atoms with van der Waals surface area (Å²) in [4.78, 5) is 15.5. The summed E-state index contributed by atoms with van der Waals surface area (Å²) in [5.74, 6) is -0.0419. The van der Waals surface area contributed by atoms with E-state index in [2.05, 4.69) is 26.0 Å². The van der Waals surface area contributed by atoms with Crippen molar-refractivity contribution in [2.75, 3.05) is 12.8 Å². The van der Waals surface area contributed by atoms with E-state index in [0.717, 1.165) is 42.5 Å². The topological polar surface area (TPSA) is 72.3 Å². The maximum atomic E-state index is 13.4. The van der Waals surface area contributed by atoms with Gasteiger partial charge < -0.3 is 4.90 Å². The molecule has 33 heavy (non-hydrogen) atoms. The van der Waals surface area contributed by atoms with Crippen molar-refractivity contribution in [1.29, 1.82) is 0 Å². The van der Waals surface area contributed by atoms with Gasteiger partial charge in [-0.1, -0.05) is 68.1 Å². The number of fused-ring (bicyclic) bond motifs is 1. The van der Waals surface area contributed by atoms with Crippen molar-refractivity contribution in [2.24, 2.45) is 0 Å². The van der Waals surface area contributed by atoms with Gasteiger partial charge in [0.25, 0.3) is 5.91 Å². The Morgan fingerprint density at radius 2 is 1.73 bits per heavy atom. The molecule has 1 aliphatic heterocycles. The molecule has 0 aliphatic carbocycles. The summed E-state index contributed by atoms with van der Waals surface area (Å²) in [5.41, 5.74) is 4.54. The van der Waals surface area contributed by atoms with Crippen molar-refractivity contribution in [1.82, 2.24) is 14.7 Å². The molecular weight excluding hydrogens is 434 g/mol. The van der Waals surface area contributed by atoms with Crippen molar-refractivity contribution in [3.63, 3.8) is 0 Å². The predicted octanol–water partition coefficient (Wildman–Crippen LogP) is 5.04. The van der Waals surface area contributed by atoms with Gasteiger partial charge in [0.2, 0.25) is 0 Å². The molecule has 1 unspecified atom stereocenters. The lowest BCUT2D eigenvalue weighted by molar-refractivity contribution is 0.0634. The van der Waals surface area contributed by atoms with Crippen LogP contribution in [0.2, 0.25) is 0 Å². The molecule has 0 fully saturated rings. The minimum Gasteiger partial charge on any atom is -0.331 e. The Bertz CT molecular complexity index is 1230. The van der Waals surface area contributed by atoms with Crippen LogP contribution in [0.5, 0.6) is 0 Å². The maximum Gasteiger partial charge on any atom is 0.272 e. The number of nitrogens with zero attached hydrogens (tertiary/aromatic N) is 3. The number of aromatic nitrogens is 2. The second-order valence-corrected chi connectivity index (χ2v) is 11.0. The Morgan fingerprint density at radius 1 is 1.03 bits per heavy atom. The van der Waals surface area contributed by atoms with Gasteiger partial charge in [0.1, 0.15) is 5.69 Å². The fraction of sp³-hybridized carbons (Fsp3) is 0.385. The van der Waals surface area contributed by atoms with Gasteiger partial charge in [0.05, 0.1) is 16.6 Å². The lowest BCUT2D eigenvalue weighted by Crippen LogP contribution is -2.42. The Labute approximate surface area is 196 Å². The molecule has 6 nitrogen and oxygen atoms in total. The summed E-state index contributed by atoms with van der Waals surface area (Å²) >= 11 is 0. The van der Waals surface area contributed by atoms with Gasteiger partial charge in [-0.2, -0.15) is 5.10 Å². The van der Waals surface area contributed by atoms with Crippen molar-refractivity contribution in [2.45, 2.75) is 57.0 Å². The number of amides is 1. The minimum atomic E-state index is -3.24. The third-order valence-corrected chi connectivity index (χ3v) is 7.36. The highest BCUT2D eigenvalue weighted by Gasteiger charge is 2.33. The molecule has 7 heteroatoms. The first-order valence-electron chi connectivity index (χ1n) is 11.5. The number of sulfone groups is 1. The fourth-order valence-corrected chi connectivity index (χ4v) is 4.95. The SMILES string of the molecule is CCCCCC1CN(Cc2ccc(S(C)(=O)=O)cc2)C(=O)c2cc(-c3ccc(C)cc3)nn21. The number of benzene rings is 2. The minimum absolute atomic E-state index is 0.0419. The van der Waals surface area contributed by atoms with Crippen LogP contribution in [0.3, 0.4) is 0 Å². The molecule has 2 aromatic carbocycles. The Hall–Kier alpha value is -2.93. The van der Waals surface area contributed by atoms with Crippen LogP contribution >= 0.6 is 0 Å². The molecule has 0 bridgehead atoms. The fourth-order valence-electron chi connectivity index (χ4n) is 4.32. The van der Waals surface area contributed by atoms with E-state index in [9.17, 15) is 13.2 Å². The van der Waals surface area contributed by atoms with E-state index < -0.39 is 9.84 Å². The smallest absolute Gasteiger partial charge is 0.272 e. The molecule has 2 heterocycles. The van der Waals surface area contributed by atoms with Crippen LogP contribution in [0.1, 0.15) is 60.3 Å². The largest absolute Gasteiger partial charge is 0.331 e. The standard InChI is InChI=1S/C26H31N3O3S/c1-4-5-6-7-22-18-28(17-20-10-14-23(15-11-20)33(3,31)32)26(30)25-16-24(27-29(22)25)21-12-8-19(2)9-13-21/h8-16,22H,4-7,17-18H2,1-3H3. The Balaban J connectivity index is 1.62. The van der Waals surface area contributed by atoms with Crippen LogP contribution in [0.4, 0.5) is 0 Å². The highest BCUT2D eigenvalue weighted by Crippen LogP contribution is 2.30. The molecule has 0 saturated heterocycles. The van der Waals surface area contributed by atoms with Crippen LogP contribution < -0.4 is 0 Å². The highest BCUT2D eigenvalue weighted by atomic mass is 32.2. The monoisotopic (exact) mass is 465 g/mol. The third-order valence-electron chi connectivity index (χ3n) is 6.23. The maximum absolute atomic E-state index is 13.4. The lowest BCUT2D eigenvalue weighted by atomic mass is 10.0. The summed E-state index contributed by atoms with van der Waals surface area (Å²) in [6.45, 7) is 5.28. The number of rotatable bonds is 8. The van der Waals surface area contributed by atoms with Gasteiger partial charge in [-0.15, -0.1) is 0 Å².